The van der Waals surface area contributed by atoms with E-state index in [1.165, 1.54) is 77.0 Å². The maximum absolute atomic E-state index is 12.7. The second kappa shape index (κ2) is 17.8. The van der Waals surface area contributed by atoms with Crippen molar-refractivity contribution >= 4 is 29.5 Å². The first-order valence-corrected chi connectivity index (χ1v) is 13.5. The summed E-state index contributed by atoms with van der Waals surface area (Å²) in [6, 6.07) is 0. The first-order chi connectivity index (χ1) is 16.0. The Kier molecular flexibility index (Phi) is 15.9. The van der Waals surface area contributed by atoms with E-state index in [9.17, 15) is 14.4 Å². The minimum absolute atomic E-state index is 0.0368. The second-order valence-electron chi connectivity index (χ2n) is 9.09. The molecule has 5 nitrogen and oxygen atoms in total. The summed E-state index contributed by atoms with van der Waals surface area (Å²) in [6.07, 6.45) is 19.8. The van der Waals surface area contributed by atoms with Gasteiger partial charge in [-0.2, -0.15) is 0 Å². The molecule has 1 aromatic heterocycles. The topological polar surface area (TPSA) is 68.2 Å². The lowest BCUT2D eigenvalue weighted by molar-refractivity contribution is 0.0894. The lowest BCUT2D eigenvalue weighted by Crippen LogP contribution is -2.31. The van der Waals surface area contributed by atoms with Crippen molar-refractivity contribution in [1.82, 2.24) is 4.57 Å². The summed E-state index contributed by atoms with van der Waals surface area (Å²) >= 11 is 6.28. The summed E-state index contributed by atoms with van der Waals surface area (Å²) in [6.45, 7) is 6.23. The molecule has 1 aromatic rings. The Morgan fingerprint density at radius 3 is 1.73 bits per heavy atom. The Labute approximate surface area is 205 Å². The number of nitrogens with one attached hydrogen (secondary N) is 1. The standard InChI is InChI=1S/C27H45ClN2O3/c1-4-6-7-8-9-10-11-12-13-14-15-16-17-18-19-20-24(32)30-26(28)22(3)23(21-31)25(27(30)33)29-5-2/h21,29H,4-20H2,1-3H3. The molecule has 33 heavy (non-hydrogen) atoms. The molecule has 1 N–H and O–H groups in total. The molecule has 0 aliphatic heterocycles. The monoisotopic (exact) mass is 480 g/mol. The van der Waals surface area contributed by atoms with E-state index in [2.05, 4.69) is 12.2 Å². The van der Waals surface area contributed by atoms with E-state index in [4.69, 9.17) is 11.6 Å². The van der Waals surface area contributed by atoms with Crippen LogP contribution in [0.1, 0.15) is 137 Å². The number of hydrogen-bond acceptors (Lipinski definition) is 4. The number of unbranched alkanes of at least 4 members (excludes halogenated alkanes) is 14. The number of hydrogen-bond donors (Lipinski definition) is 1. The first-order valence-electron chi connectivity index (χ1n) is 13.2. The van der Waals surface area contributed by atoms with E-state index < -0.39 is 5.56 Å². The smallest absolute Gasteiger partial charge is 0.282 e. The highest BCUT2D eigenvalue weighted by Gasteiger charge is 2.21. The van der Waals surface area contributed by atoms with Gasteiger partial charge >= 0.3 is 0 Å². The van der Waals surface area contributed by atoms with E-state index in [1.54, 1.807) is 6.92 Å². The molecule has 0 bridgehead atoms. The van der Waals surface area contributed by atoms with Crippen LogP contribution in [0.25, 0.3) is 0 Å². The number of rotatable bonds is 19. The number of pyridine rings is 1. The Morgan fingerprint density at radius 2 is 1.30 bits per heavy atom. The van der Waals surface area contributed by atoms with Crippen molar-refractivity contribution in [3.8, 4) is 0 Å². The van der Waals surface area contributed by atoms with Crippen molar-refractivity contribution in [2.75, 3.05) is 11.9 Å². The van der Waals surface area contributed by atoms with E-state index in [1.807, 2.05) is 6.92 Å². The van der Waals surface area contributed by atoms with Crippen LogP contribution in [0.2, 0.25) is 5.15 Å². The molecule has 188 valence electrons. The number of anilines is 1. The Balaban J connectivity index is 2.25. The molecular weight excluding hydrogens is 436 g/mol. The third-order valence-electron chi connectivity index (χ3n) is 6.31. The van der Waals surface area contributed by atoms with Crippen molar-refractivity contribution in [2.45, 2.75) is 124 Å². The summed E-state index contributed by atoms with van der Waals surface area (Å²) in [5, 5.41) is 2.94. The van der Waals surface area contributed by atoms with Gasteiger partial charge in [0, 0.05) is 18.5 Å². The van der Waals surface area contributed by atoms with Gasteiger partial charge in [0.25, 0.3) is 5.56 Å². The third kappa shape index (κ3) is 10.5. The molecule has 0 unspecified atom stereocenters. The summed E-state index contributed by atoms with van der Waals surface area (Å²) < 4.78 is 1.02. The molecule has 0 saturated carbocycles. The Hall–Kier alpha value is -1.62. The minimum Gasteiger partial charge on any atom is -0.380 e. The molecule has 0 aliphatic rings. The van der Waals surface area contributed by atoms with Crippen molar-refractivity contribution in [2.24, 2.45) is 0 Å². The van der Waals surface area contributed by atoms with Gasteiger partial charge in [0.1, 0.15) is 10.8 Å². The van der Waals surface area contributed by atoms with Crippen LogP contribution in [-0.4, -0.2) is 23.3 Å². The maximum Gasteiger partial charge on any atom is 0.282 e. The molecule has 6 heteroatoms. The highest BCUT2D eigenvalue weighted by Crippen LogP contribution is 2.22. The van der Waals surface area contributed by atoms with Crippen LogP contribution in [0.4, 0.5) is 5.69 Å². The van der Waals surface area contributed by atoms with Gasteiger partial charge in [-0.1, -0.05) is 108 Å². The van der Waals surface area contributed by atoms with E-state index in [-0.39, 0.29) is 28.7 Å². The predicted molar refractivity (Wildman–Crippen MR) is 140 cm³/mol. The van der Waals surface area contributed by atoms with Crippen LogP contribution in [0.15, 0.2) is 4.79 Å². The summed E-state index contributed by atoms with van der Waals surface area (Å²) in [7, 11) is 0. The molecule has 0 spiro atoms. The average Bonchev–Trinajstić information content (AvgIpc) is 2.80. The van der Waals surface area contributed by atoms with E-state index >= 15 is 0 Å². The van der Waals surface area contributed by atoms with Gasteiger partial charge in [-0.3, -0.25) is 14.4 Å². The first kappa shape index (κ1) is 29.4. The minimum atomic E-state index is -0.541. The zero-order valence-electron chi connectivity index (χ0n) is 21.1. The summed E-state index contributed by atoms with van der Waals surface area (Å²) in [5.74, 6) is -0.306. The molecule has 1 rings (SSSR count). The fourth-order valence-corrected chi connectivity index (χ4v) is 4.53. The quantitative estimate of drug-likeness (QED) is 0.124. The number of nitrogens with zero attached hydrogens (tertiary/aromatic N) is 1. The van der Waals surface area contributed by atoms with E-state index in [0.717, 1.165) is 23.8 Å². The Morgan fingerprint density at radius 1 is 0.848 bits per heavy atom. The maximum atomic E-state index is 12.7. The van der Waals surface area contributed by atoms with Crippen molar-refractivity contribution < 1.29 is 9.59 Å². The van der Waals surface area contributed by atoms with Crippen LogP contribution in [0.5, 0.6) is 0 Å². The highest BCUT2D eigenvalue weighted by molar-refractivity contribution is 6.31. The number of carbonyl (C=O) groups is 2. The molecule has 0 radical (unpaired) electrons. The largest absolute Gasteiger partial charge is 0.380 e. The lowest BCUT2D eigenvalue weighted by Gasteiger charge is -2.15. The third-order valence-corrected chi connectivity index (χ3v) is 6.76. The van der Waals surface area contributed by atoms with Crippen molar-refractivity contribution in [1.29, 1.82) is 0 Å². The van der Waals surface area contributed by atoms with Crippen LogP contribution in [0.3, 0.4) is 0 Å². The SMILES string of the molecule is CCCCCCCCCCCCCCCCCC(=O)n1c(Cl)c(C)c(C=O)c(NCC)c1=O. The van der Waals surface area contributed by atoms with Crippen LogP contribution >= 0.6 is 11.6 Å². The van der Waals surface area contributed by atoms with Gasteiger partial charge in [0.15, 0.2) is 6.29 Å². The fraction of sp³-hybridized carbons (Fsp3) is 0.741. The zero-order valence-corrected chi connectivity index (χ0v) is 21.9. The van der Waals surface area contributed by atoms with Crippen LogP contribution in [0, 0.1) is 6.92 Å². The number of carbonyl (C=O) groups excluding carboxylic acids is 2. The average molecular weight is 481 g/mol. The lowest BCUT2D eigenvalue weighted by atomic mass is 10.0. The number of aromatic nitrogens is 1. The van der Waals surface area contributed by atoms with Gasteiger partial charge in [0.2, 0.25) is 5.91 Å². The second-order valence-corrected chi connectivity index (χ2v) is 9.44. The molecule has 0 aliphatic carbocycles. The van der Waals surface area contributed by atoms with Gasteiger partial charge in [0.05, 0.1) is 0 Å². The summed E-state index contributed by atoms with van der Waals surface area (Å²) in [4.78, 5) is 36.8. The highest BCUT2D eigenvalue weighted by atomic mass is 35.5. The van der Waals surface area contributed by atoms with Gasteiger partial charge in [-0.25, -0.2) is 4.57 Å². The molecule has 0 amide bonds. The van der Waals surface area contributed by atoms with E-state index in [0.29, 0.717) is 18.4 Å². The van der Waals surface area contributed by atoms with Crippen LogP contribution in [-0.2, 0) is 0 Å². The number of halogens is 1. The van der Waals surface area contributed by atoms with Gasteiger partial charge in [-0.05, 0) is 25.8 Å². The van der Waals surface area contributed by atoms with Crippen LogP contribution < -0.4 is 10.9 Å². The summed E-state index contributed by atoms with van der Waals surface area (Å²) in [5.41, 5.74) is 0.287. The molecule has 0 saturated heterocycles. The zero-order chi connectivity index (χ0) is 24.5. The number of aldehydes is 1. The van der Waals surface area contributed by atoms with Gasteiger partial charge < -0.3 is 5.32 Å². The molecule has 0 fully saturated rings. The molecule has 0 aromatic carbocycles. The molecule has 0 atom stereocenters. The van der Waals surface area contributed by atoms with Crippen molar-refractivity contribution in [3.63, 3.8) is 0 Å². The fourth-order valence-electron chi connectivity index (χ4n) is 4.26. The van der Waals surface area contributed by atoms with Gasteiger partial charge in [-0.15, -0.1) is 0 Å². The Bertz CT molecular complexity index is 774. The normalized spacial score (nSPS) is 11.0. The molecule has 1 heterocycles. The molecular formula is C27H45ClN2O3. The predicted octanol–water partition coefficient (Wildman–Crippen LogP) is 7.96. The van der Waals surface area contributed by atoms with Crippen molar-refractivity contribution in [3.05, 3.63) is 26.6 Å².